The first-order chi connectivity index (χ1) is 10.7. The fraction of sp³-hybridized carbons (Fsp3) is 0.105. The fourth-order valence-corrected chi connectivity index (χ4v) is 2.00. The van der Waals surface area contributed by atoms with E-state index in [2.05, 4.69) is 12.6 Å². The van der Waals surface area contributed by atoms with E-state index in [-0.39, 0.29) is 0 Å². The van der Waals surface area contributed by atoms with E-state index in [0.29, 0.717) is 17.1 Å². The van der Waals surface area contributed by atoms with Gasteiger partial charge in [0.1, 0.15) is 0 Å². The van der Waals surface area contributed by atoms with Gasteiger partial charge < -0.3 is 9.47 Å². The third-order valence-electron chi connectivity index (χ3n) is 3.27. The highest BCUT2D eigenvalue weighted by atomic mass is 16.5. The first-order valence-corrected chi connectivity index (χ1v) is 6.77. The van der Waals surface area contributed by atoms with Gasteiger partial charge in [-0.05, 0) is 41.0 Å². The van der Waals surface area contributed by atoms with Gasteiger partial charge in [-0.2, -0.15) is 5.26 Å². The van der Waals surface area contributed by atoms with Crippen LogP contribution in [0.3, 0.4) is 0 Å². The largest absolute Gasteiger partial charge is 0.493 e. The molecule has 22 heavy (non-hydrogen) atoms. The average Bonchev–Trinajstić information content (AvgIpc) is 2.59. The van der Waals surface area contributed by atoms with Gasteiger partial charge in [-0.15, -0.1) is 0 Å². The van der Waals surface area contributed by atoms with Crippen LogP contribution in [0.2, 0.25) is 0 Å². The zero-order chi connectivity index (χ0) is 15.9. The molecule has 0 saturated carbocycles. The Kier molecular flexibility index (Phi) is 5.00. The minimum Gasteiger partial charge on any atom is -0.493 e. The van der Waals surface area contributed by atoms with Crippen molar-refractivity contribution in [3.8, 4) is 17.6 Å². The predicted octanol–water partition coefficient (Wildman–Crippen LogP) is 4.30. The molecule has 3 nitrogen and oxygen atoms in total. The highest BCUT2D eigenvalue weighted by Crippen LogP contribution is 2.30. The van der Waals surface area contributed by atoms with Gasteiger partial charge in [0.05, 0.1) is 25.9 Å². The van der Waals surface area contributed by atoms with Crippen molar-refractivity contribution in [3.63, 3.8) is 0 Å². The number of rotatable bonds is 5. The van der Waals surface area contributed by atoms with Gasteiger partial charge in [-0.25, -0.2) is 0 Å². The molecule has 3 heteroatoms. The highest BCUT2D eigenvalue weighted by molar-refractivity contribution is 5.78. The first kappa shape index (κ1) is 15.4. The van der Waals surface area contributed by atoms with Crippen molar-refractivity contribution in [1.29, 1.82) is 5.26 Å². The Morgan fingerprint density at radius 1 is 1.05 bits per heavy atom. The monoisotopic (exact) mass is 291 g/mol. The molecule has 2 aromatic carbocycles. The Morgan fingerprint density at radius 3 is 2.32 bits per heavy atom. The molecular formula is C19H17NO2. The molecule has 0 atom stereocenters. The van der Waals surface area contributed by atoms with Crippen molar-refractivity contribution in [2.45, 2.75) is 0 Å². The van der Waals surface area contributed by atoms with Crippen molar-refractivity contribution < 1.29 is 9.47 Å². The third kappa shape index (κ3) is 3.56. The summed E-state index contributed by atoms with van der Waals surface area (Å²) in [4.78, 5) is 0. The molecule has 0 radical (unpaired) electrons. The van der Waals surface area contributed by atoms with Crippen LogP contribution in [0.25, 0.3) is 11.6 Å². The fourth-order valence-electron chi connectivity index (χ4n) is 2.00. The normalized spacial score (nSPS) is 10.2. The van der Waals surface area contributed by atoms with E-state index in [4.69, 9.17) is 14.7 Å². The van der Waals surface area contributed by atoms with E-state index >= 15 is 0 Å². The van der Waals surface area contributed by atoms with E-state index in [0.717, 1.165) is 16.7 Å². The van der Waals surface area contributed by atoms with Crippen molar-refractivity contribution in [1.82, 2.24) is 0 Å². The van der Waals surface area contributed by atoms with Gasteiger partial charge in [-0.3, -0.25) is 0 Å². The Bertz CT molecular complexity index is 737. The van der Waals surface area contributed by atoms with Crippen molar-refractivity contribution in [3.05, 3.63) is 71.8 Å². The van der Waals surface area contributed by atoms with Gasteiger partial charge in [0.15, 0.2) is 11.5 Å². The maximum Gasteiger partial charge on any atom is 0.161 e. The molecule has 0 spiro atoms. The summed E-state index contributed by atoms with van der Waals surface area (Å²) in [6.45, 7) is 4.07. The van der Waals surface area contributed by atoms with Gasteiger partial charge in [0.25, 0.3) is 0 Å². The number of benzene rings is 2. The van der Waals surface area contributed by atoms with Gasteiger partial charge >= 0.3 is 0 Å². The zero-order valence-electron chi connectivity index (χ0n) is 12.7. The summed E-state index contributed by atoms with van der Waals surface area (Å²) in [7, 11) is 3.22. The number of allylic oxidation sites excluding steroid dienone is 2. The first-order valence-electron chi connectivity index (χ1n) is 6.77. The zero-order valence-corrected chi connectivity index (χ0v) is 12.7. The second-order valence-electron chi connectivity index (χ2n) is 4.66. The standard InChI is InChI=1S/C19H17NO2/c1-14(4-5-15-6-8-16(13-20)9-7-15)17-10-11-18(21-2)19(12-17)22-3/h4-12H,1H2,2-3H3/b5-4+. The lowest BCUT2D eigenvalue weighted by molar-refractivity contribution is 0.355. The Morgan fingerprint density at radius 2 is 1.73 bits per heavy atom. The minimum absolute atomic E-state index is 0.649. The van der Waals surface area contributed by atoms with E-state index in [9.17, 15) is 0 Å². The molecule has 0 heterocycles. The number of hydrogen-bond acceptors (Lipinski definition) is 3. The summed E-state index contributed by atoms with van der Waals surface area (Å²) in [5.41, 5.74) is 3.49. The molecule has 0 aromatic heterocycles. The van der Waals surface area contributed by atoms with Crippen LogP contribution < -0.4 is 9.47 Å². The Labute approximate surface area is 130 Å². The molecule has 110 valence electrons. The average molecular weight is 291 g/mol. The summed E-state index contributed by atoms with van der Waals surface area (Å²) in [6.07, 6.45) is 3.89. The molecule has 0 aliphatic rings. The molecule has 0 aliphatic carbocycles. The third-order valence-corrected chi connectivity index (χ3v) is 3.27. The van der Waals surface area contributed by atoms with E-state index < -0.39 is 0 Å². The molecule has 0 fully saturated rings. The van der Waals surface area contributed by atoms with Crippen molar-refractivity contribution >= 4 is 11.6 Å². The van der Waals surface area contributed by atoms with Gasteiger partial charge in [0.2, 0.25) is 0 Å². The maximum atomic E-state index is 8.78. The molecular weight excluding hydrogens is 274 g/mol. The number of nitriles is 1. The Balaban J connectivity index is 2.17. The summed E-state index contributed by atoms with van der Waals surface area (Å²) in [5.74, 6) is 1.36. The summed E-state index contributed by atoms with van der Waals surface area (Å²) < 4.78 is 10.5. The van der Waals surface area contributed by atoms with Crippen LogP contribution >= 0.6 is 0 Å². The predicted molar refractivity (Wildman–Crippen MR) is 88.8 cm³/mol. The maximum absolute atomic E-state index is 8.78. The second kappa shape index (κ2) is 7.14. The van der Waals surface area contributed by atoms with Crippen LogP contribution in [0.1, 0.15) is 16.7 Å². The van der Waals surface area contributed by atoms with Crippen molar-refractivity contribution in [2.75, 3.05) is 14.2 Å². The lowest BCUT2D eigenvalue weighted by atomic mass is 10.0. The molecule has 0 saturated heterocycles. The number of hydrogen-bond donors (Lipinski definition) is 0. The molecule has 0 unspecified atom stereocenters. The second-order valence-corrected chi connectivity index (χ2v) is 4.66. The quantitative estimate of drug-likeness (QED) is 0.771. The lowest BCUT2D eigenvalue weighted by Crippen LogP contribution is -1.91. The topological polar surface area (TPSA) is 42.2 Å². The van der Waals surface area contributed by atoms with E-state index in [1.807, 2.05) is 42.5 Å². The summed E-state index contributed by atoms with van der Waals surface area (Å²) >= 11 is 0. The van der Waals surface area contributed by atoms with Crippen LogP contribution in [0, 0.1) is 11.3 Å². The minimum atomic E-state index is 0.649. The number of methoxy groups -OCH3 is 2. The molecule has 2 rings (SSSR count). The molecule has 2 aromatic rings. The summed E-state index contributed by atoms with van der Waals surface area (Å²) in [6, 6.07) is 15.2. The highest BCUT2D eigenvalue weighted by Gasteiger charge is 2.05. The van der Waals surface area contributed by atoms with Crippen LogP contribution in [-0.4, -0.2) is 14.2 Å². The van der Waals surface area contributed by atoms with Crippen LogP contribution in [0.15, 0.2) is 55.1 Å². The molecule has 0 bridgehead atoms. The van der Waals surface area contributed by atoms with Crippen molar-refractivity contribution in [2.24, 2.45) is 0 Å². The smallest absolute Gasteiger partial charge is 0.161 e. The Hall–Kier alpha value is -2.99. The van der Waals surface area contributed by atoms with Crippen LogP contribution in [0.4, 0.5) is 0 Å². The van der Waals surface area contributed by atoms with Gasteiger partial charge in [-0.1, -0.05) is 36.9 Å². The molecule has 0 amide bonds. The van der Waals surface area contributed by atoms with Gasteiger partial charge in [0, 0.05) is 0 Å². The summed E-state index contributed by atoms with van der Waals surface area (Å²) in [5, 5.41) is 8.78. The van der Waals surface area contributed by atoms with E-state index in [1.54, 1.807) is 26.4 Å². The molecule has 0 aliphatic heterocycles. The van der Waals surface area contributed by atoms with E-state index in [1.165, 1.54) is 0 Å². The lowest BCUT2D eigenvalue weighted by Gasteiger charge is -2.09. The number of nitrogens with zero attached hydrogens (tertiary/aromatic N) is 1. The van der Waals surface area contributed by atoms with Crippen LogP contribution in [-0.2, 0) is 0 Å². The molecule has 0 N–H and O–H groups in total. The van der Waals surface area contributed by atoms with Crippen LogP contribution in [0.5, 0.6) is 11.5 Å². The number of ether oxygens (including phenoxy) is 2. The SMILES string of the molecule is C=C(/C=C/c1ccc(C#N)cc1)c1ccc(OC)c(OC)c1.